The third-order valence-corrected chi connectivity index (χ3v) is 3.63. The largest absolute Gasteiger partial charge is 0.392 e. The maximum Gasteiger partial charge on any atom is 0.329 e. The van der Waals surface area contributed by atoms with E-state index in [2.05, 4.69) is 20.3 Å². The Hall–Kier alpha value is -2.94. The van der Waals surface area contributed by atoms with Crippen LogP contribution in [0.1, 0.15) is 12.5 Å². The number of aromatic amines is 1. The number of rotatable bonds is 5. The molecule has 3 aromatic rings. The third kappa shape index (κ3) is 2.93. The van der Waals surface area contributed by atoms with Gasteiger partial charge in [-0.15, -0.1) is 0 Å². The lowest BCUT2D eigenvalue weighted by molar-refractivity contribution is 0.175. The number of hydrogen-bond donors (Lipinski definition) is 3. The molecular weight excluding hydrogens is 312 g/mol. The molecule has 0 saturated heterocycles. The highest BCUT2D eigenvalue weighted by molar-refractivity contribution is 5.74. The first-order valence-corrected chi connectivity index (χ1v) is 7.47. The number of aliphatic hydroxyl groups is 1. The number of imidazole rings is 1. The third-order valence-electron chi connectivity index (χ3n) is 3.63. The Morgan fingerprint density at radius 3 is 2.88 bits per heavy atom. The monoisotopic (exact) mass is 330 g/mol. The number of fused-ring (bicyclic) bond motifs is 1. The van der Waals surface area contributed by atoms with Gasteiger partial charge >= 0.3 is 5.69 Å². The quantitative estimate of drug-likeness (QED) is 0.597. The first-order valence-electron chi connectivity index (χ1n) is 7.47. The van der Waals surface area contributed by atoms with Gasteiger partial charge in [0.15, 0.2) is 11.2 Å². The summed E-state index contributed by atoms with van der Waals surface area (Å²) < 4.78 is 2.85. The molecule has 24 heavy (non-hydrogen) atoms. The van der Waals surface area contributed by atoms with E-state index in [4.69, 9.17) is 0 Å². The molecule has 9 nitrogen and oxygen atoms in total. The minimum atomic E-state index is -0.682. The van der Waals surface area contributed by atoms with Crippen molar-refractivity contribution in [1.82, 2.24) is 24.1 Å². The van der Waals surface area contributed by atoms with Crippen molar-refractivity contribution in [2.45, 2.75) is 26.1 Å². The average molecular weight is 330 g/mol. The van der Waals surface area contributed by atoms with Crippen LogP contribution in [0.2, 0.25) is 0 Å². The van der Waals surface area contributed by atoms with Gasteiger partial charge in [-0.1, -0.05) is 6.07 Å². The van der Waals surface area contributed by atoms with Gasteiger partial charge < -0.3 is 15.0 Å². The number of anilines is 1. The van der Waals surface area contributed by atoms with Crippen LogP contribution in [0.3, 0.4) is 0 Å². The van der Waals surface area contributed by atoms with Gasteiger partial charge in [-0.2, -0.15) is 4.98 Å². The molecule has 0 aliphatic heterocycles. The van der Waals surface area contributed by atoms with Crippen molar-refractivity contribution in [3.05, 3.63) is 50.9 Å². The molecule has 0 bridgehead atoms. The first-order chi connectivity index (χ1) is 11.5. The van der Waals surface area contributed by atoms with Crippen molar-refractivity contribution in [2.24, 2.45) is 7.05 Å². The van der Waals surface area contributed by atoms with Crippen LogP contribution < -0.4 is 16.6 Å². The Bertz CT molecular complexity index is 971. The smallest absolute Gasteiger partial charge is 0.329 e. The van der Waals surface area contributed by atoms with Crippen LogP contribution >= 0.6 is 0 Å². The highest BCUT2D eigenvalue weighted by Crippen LogP contribution is 2.16. The number of aliphatic hydroxyl groups excluding tert-OH is 1. The summed E-state index contributed by atoms with van der Waals surface area (Å²) in [6.45, 7) is 2.24. The molecule has 3 aromatic heterocycles. The molecule has 3 N–H and O–H groups in total. The molecular formula is C15H18N6O3. The molecule has 0 aromatic carbocycles. The highest BCUT2D eigenvalue weighted by atomic mass is 16.3. The first kappa shape index (κ1) is 15.9. The second-order valence-corrected chi connectivity index (χ2v) is 5.60. The molecule has 0 amide bonds. The molecule has 0 fully saturated rings. The standard InChI is InChI=1S/C15H18N6O3/c1-9(22)8-21-11-12(20(2)15(24)19-13(11)23)18-14(21)17-7-10-4-3-5-16-6-10/h3-6,9,22H,7-8H2,1-2H3,(H,17,18)(H,19,23,24)/t9-/m0/s1. The van der Waals surface area contributed by atoms with E-state index in [-0.39, 0.29) is 17.7 Å². The Morgan fingerprint density at radius 1 is 1.42 bits per heavy atom. The van der Waals surface area contributed by atoms with Crippen molar-refractivity contribution >= 4 is 17.1 Å². The van der Waals surface area contributed by atoms with E-state index in [1.165, 1.54) is 11.6 Å². The van der Waals surface area contributed by atoms with Gasteiger partial charge in [0.1, 0.15) is 0 Å². The number of nitrogens with one attached hydrogen (secondary N) is 2. The van der Waals surface area contributed by atoms with E-state index < -0.39 is 17.4 Å². The maximum atomic E-state index is 12.2. The molecule has 0 unspecified atom stereocenters. The zero-order chi connectivity index (χ0) is 17.3. The van der Waals surface area contributed by atoms with Gasteiger partial charge in [-0.3, -0.25) is 19.3 Å². The Labute approximate surface area is 136 Å². The number of H-pyrrole nitrogens is 1. The van der Waals surface area contributed by atoms with Gasteiger partial charge in [0.25, 0.3) is 5.56 Å². The fourth-order valence-electron chi connectivity index (χ4n) is 2.50. The van der Waals surface area contributed by atoms with Crippen molar-refractivity contribution in [3.8, 4) is 0 Å². The van der Waals surface area contributed by atoms with Crippen LogP contribution in [0.4, 0.5) is 5.95 Å². The maximum absolute atomic E-state index is 12.2. The topological polar surface area (TPSA) is 118 Å². The molecule has 0 radical (unpaired) electrons. The van der Waals surface area contributed by atoms with E-state index in [9.17, 15) is 14.7 Å². The highest BCUT2D eigenvalue weighted by Gasteiger charge is 2.18. The number of nitrogens with zero attached hydrogens (tertiary/aromatic N) is 4. The predicted molar refractivity (Wildman–Crippen MR) is 88.8 cm³/mol. The van der Waals surface area contributed by atoms with E-state index in [1.807, 2.05) is 12.1 Å². The average Bonchev–Trinajstić information content (AvgIpc) is 2.90. The fourth-order valence-corrected chi connectivity index (χ4v) is 2.50. The number of aromatic nitrogens is 5. The molecule has 0 aliphatic rings. The van der Waals surface area contributed by atoms with E-state index in [0.717, 1.165) is 5.56 Å². The minimum absolute atomic E-state index is 0.174. The molecule has 3 rings (SSSR count). The lowest BCUT2D eigenvalue weighted by atomic mass is 10.3. The van der Waals surface area contributed by atoms with Crippen molar-refractivity contribution in [3.63, 3.8) is 0 Å². The summed E-state index contributed by atoms with van der Waals surface area (Å²) in [7, 11) is 1.53. The van der Waals surface area contributed by atoms with Crippen LogP contribution in [0.5, 0.6) is 0 Å². The van der Waals surface area contributed by atoms with Gasteiger partial charge in [0, 0.05) is 26.0 Å². The zero-order valence-corrected chi connectivity index (χ0v) is 13.4. The molecule has 1 atom stereocenters. The number of pyridine rings is 1. The van der Waals surface area contributed by atoms with Crippen LogP contribution in [0.25, 0.3) is 11.2 Å². The number of hydrogen-bond acceptors (Lipinski definition) is 6. The summed E-state index contributed by atoms with van der Waals surface area (Å²) in [4.78, 5) is 34.6. The van der Waals surface area contributed by atoms with E-state index in [0.29, 0.717) is 12.5 Å². The fraction of sp³-hybridized carbons (Fsp3) is 0.333. The van der Waals surface area contributed by atoms with Crippen molar-refractivity contribution in [1.29, 1.82) is 0 Å². The number of aryl methyl sites for hydroxylation is 1. The normalized spacial score (nSPS) is 12.5. The van der Waals surface area contributed by atoms with Crippen LogP contribution in [-0.2, 0) is 20.1 Å². The molecule has 0 saturated carbocycles. The summed E-state index contributed by atoms with van der Waals surface area (Å²) in [6.07, 6.45) is 2.72. The second kappa shape index (κ2) is 6.28. The minimum Gasteiger partial charge on any atom is -0.392 e. The Kier molecular flexibility index (Phi) is 4.17. The van der Waals surface area contributed by atoms with E-state index >= 15 is 0 Å². The molecule has 9 heteroatoms. The van der Waals surface area contributed by atoms with Gasteiger partial charge in [-0.25, -0.2) is 4.79 Å². The van der Waals surface area contributed by atoms with Crippen molar-refractivity contribution in [2.75, 3.05) is 5.32 Å². The zero-order valence-electron chi connectivity index (χ0n) is 13.4. The lowest BCUT2D eigenvalue weighted by Crippen LogP contribution is -2.29. The Morgan fingerprint density at radius 2 is 2.21 bits per heavy atom. The van der Waals surface area contributed by atoms with Crippen molar-refractivity contribution < 1.29 is 5.11 Å². The molecule has 0 aliphatic carbocycles. The van der Waals surface area contributed by atoms with Crippen LogP contribution in [0, 0.1) is 0 Å². The Balaban J connectivity index is 2.09. The summed E-state index contributed by atoms with van der Waals surface area (Å²) in [5.74, 6) is 0.404. The summed E-state index contributed by atoms with van der Waals surface area (Å²) >= 11 is 0. The lowest BCUT2D eigenvalue weighted by Gasteiger charge is -2.11. The molecule has 3 heterocycles. The second-order valence-electron chi connectivity index (χ2n) is 5.60. The SMILES string of the molecule is C[C@H](O)Cn1c(NCc2cccnc2)nc2c1c(=O)[nH]c(=O)n2C. The summed E-state index contributed by atoms with van der Waals surface area (Å²) in [5.41, 5.74) is 0.379. The predicted octanol–water partition coefficient (Wildman–Crippen LogP) is -0.189. The van der Waals surface area contributed by atoms with Crippen LogP contribution in [-0.4, -0.2) is 35.3 Å². The molecule has 126 valence electrons. The summed E-state index contributed by atoms with van der Waals surface area (Å²) in [5, 5.41) is 12.9. The van der Waals surface area contributed by atoms with Gasteiger partial charge in [-0.05, 0) is 18.6 Å². The van der Waals surface area contributed by atoms with Gasteiger partial charge in [0.2, 0.25) is 5.95 Å². The summed E-state index contributed by atoms with van der Waals surface area (Å²) in [6, 6.07) is 3.73. The van der Waals surface area contributed by atoms with E-state index in [1.54, 1.807) is 23.9 Å². The van der Waals surface area contributed by atoms with Gasteiger partial charge in [0.05, 0.1) is 12.6 Å². The molecule has 0 spiro atoms. The van der Waals surface area contributed by atoms with Crippen LogP contribution in [0.15, 0.2) is 34.1 Å².